The number of rotatable bonds is 5. The Labute approximate surface area is 106 Å². The zero-order chi connectivity index (χ0) is 13.7. The molecule has 0 saturated carbocycles. The number of aromatic nitrogens is 2. The van der Waals surface area contributed by atoms with E-state index in [1.165, 1.54) is 11.6 Å². The standard InChI is InChI=1S/C13H19N3O2/c1-5-7-11(6-2)14-8-10-9-15(3)13(18)16(4)12(10)17/h1,9,11,14H,6-8H2,2-4H3. The van der Waals surface area contributed by atoms with E-state index in [-0.39, 0.29) is 17.3 Å². The second-order valence-corrected chi connectivity index (χ2v) is 4.31. The van der Waals surface area contributed by atoms with Gasteiger partial charge in [0.05, 0.1) is 0 Å². The maximum absolute atomic E-state index is 11.9. The molecule has 5 nitrogen and oxygen atoms in total. The maximum Gasteiger partial charge on any atom is 0.330 e. The third-order valence-electron chi connectivity index (χ3n) is 2.96. The van der Waals surface area contributed by atoms with Crippen molar-refractivity contribution in [3.05, 3.63) is 32.6 Å². The fourth-order valence-corrected chi connectivity index (χ4v) is 1.76. The van der Waals surface area contributed by atoms with Crippen LogP contribution in [0.4, 0.5) is 0 Å². The first-order valence-corrected chi connectivity index (χ1v) is 5.93. The lowest BCUT2D eigenvalue weighted by Crippen LogP contribution is -2.40. The van der Waals surface area contributed by atoms with Crippen molar-refractivity contribution in [3.8, 4) is 12.3 Å². The zero-order valence-corrected chi connectivity index (χ0v) is 11.1. The van der Waals surface area contributed by atoms with E-state index in [2.05, 4.69) is 11.2 Å². The fourth-order valence-electron chi connectivity index (χ4n) is 1.76. The molecule has 0 spiro atoms. The molecule has 0 fully saturated rings. The highest BCUT2D eigenvalue weighted by atomic mass is 16.2. The summed E-state index contributed by atoms with van der Waals surface area (Å²) >= 11 is 0. The highest BCUT2D eigenvalue weighted by molar-refractivity contribution is 5.05. The average Bonchev–Trinajstić information content (AvgIpc) is 2.37. The number of nitrogens with one attached hydrogen (secondary N) is 1. The lowest BCUT2D eigenvalue weighted by molar-refractivity contribution is 0.500. The summed E-state index contributed by atoms with van der Waals surface area (Å²) in [6.45, 7) is 2.45. The van der Waals surface area contributed by atoms with Gasteiger partial charge in [0.2, 0.25) is 0 Å². The summed E-state index contributed by atoms with van der Waals surface area (Å²) in [4.78, 5) is 23.4. The molecule has 0 bridgehead atoms. The van der Waals surface area contributed by atoms with Crippen LogP contribution in [0.25, 0.3) is 0 Å². The highest BCUT2D eigenvalue weighted by Crippen LogP contribution is 1.98. The van der Waals surface area contributed by atoms with Gasteiger partial charge in [0.1, 0.15) is 0 Å². The Morgan fingerprint density at radius 3 is 2.67 bits per heavy atom. The van der Waals surface area contributed by atoms with E-state index < -0.39 is 0 Å². The van der Waals surface area contributed by atoms with E-state index in [1.807, 2.05) is 6.92 Å². The molecule has 5 heteroatoms. The minimum absolute atomic E-state index is 0.192. The third-order valence-corrected chi connectivity index (χ3v) is 2.96. The zero-order valence-electron chi connectivity index (χ0n) is 11.1. The molecule has 0 aromatic carbocycles. The maximum atomic E-state index is 11.9. The van der Waals surface area contributed by atoms with Gasteiger partial charge in [-0.25, -0.2) is 4.79 Å². The topological polar surface area (TPSA) is 56.0 Å². The molecule has 18 heavy (non-hydrogen) atoms. The average molecular weight is 249 g/mol. The predicted octanol–water partition coefficient (Wildman–Crippen LogP) is -0.0245. The van der Waals surface area contributed by atoms with Crippen molar-refractivity contribution in [2.24, 2.45) is 14.1 Å². The molecule has 1 unspecified atom stereocenters. The van der Waals surface area contributed by atoms with Gasteiger partial charge in [0.25, 0.3) is 5.56 Å². The molecule has 0 aliphatic rings. The monoisotopic (exact) mass is 249 g/mol. The molecule has 1 aromatic heterocycles. The van der Waals surface area contributed by atoms with Crippen LogP contribution in [0.1, 0.15) is 25.3 Å². The number of nitrogens with zero attached hydrogens (tertiary/aromatic N) is 2. The van der Waals surface area contributed by atoms with Gasteiger partial charge in [-0.15, -0.1) is 12.3 Å². The largest absolute Gasteiger partial charge is 0.330 e. The van der Waals surface area contributed by atoms with Gasteiger partial charge >= 0.3 is 5.69 Å². The molecule has 0 amide bonds. The molecular formula is C13H19N3O2. The van der Waals surface area contributed by atoms with Crippen molar-refractivity contribution in [3.63, 3.8) is 0 Å². The smallest absolute Gasteiger partial charge is 0.309 e. The second-order valence-electron chi connectivity index (χ2n) is 4.31. The minimum Gasteiger partial charge on any atom is -0.309 e. The number of aryl methyl sites for hydroxylation is 1. The van der Waals surface area contributed by atoms with Crippen LogP contribution in [0.3, 0.4) is 0 Å². The lowest BCUT2D eigenvalue weighted by atomic mass is 10.1. The molecule has 1 aromatic rings. The van der Waals surface area contributed by atoms with E-state index in [9.17, 15) is 9.59 Å². The Kier molecular flexibility index (Phi) is 4.93. The Balaban J connectivity index is 2.90. The highest BCUT2D eigenvalue weighted by Gasteiger charge is 2.09. The van der Waals surface area contributed by atoms with Crippen molar-refractivity contribution in [2.75, 3.05) is 0 Å². The van der Waals surface area contributed by atoms with Crippen molar-refractivity contribution in [1.29, 1.82) is 0 Å². The Morgan fingerprint density at radius 2 is 2.11 bits per heavy atom. The predicted molar refractivity (Wildman–Crippen MR) is 71.3 cm³/mol. The summed E-state index contributed by atoms with van der Waals surface area (Å²) < 4.78 is 2.51. The van der Waals surface area contributed by atoms with Crippen molar-refractivity contribution in [2.45, 2.75) is 32.4 Å². The van der Waals surface area contributed by atoms with Gasteiger partial charge in [-0.05, 0) is 6.42 Å². The van der Waals surface area contributed by atoms with Gasteiger partial charge in [0, 0.05) is 44.9 Å². The first-order valence-electron chi connectivity index (χ1n) is 5.93. The van der Waals surface area contributed by atoms with Crippen LogP contribution in [0.2, 0.25) is 0 Å². The first kappa shape index (κ1) is 14.3. The van der Waals surface area contributed by atoms with E-state index in [0.29, 0.717) is 18.5 Å². The number of hydrogen-bond donors (Lipinski definition) is 1. The summed E-state index contributed by atoms with van der Waals surface area (Å²) in [7, 11) is 3.11. The molecule has 1 rings (SSSR count). The molecular weight excluding hydrogens is 230 g/mol. The lowest BCUT2D eigenvalue weighted by Gasteiger charge is -2.14. The van der Waals surface area contributed by atoms with Crippen LogP contribution < -0.4 is 16.6 Å². The van der Waals surface area contributed by atoms with E-state index in [4.69, 9.17) is 6.42 Å². The van der Waals surface area contributed by atoms with Crippen molar-refractivity contribution in [1.82, 2.24) is 14.5 Å². The second kappa shape index (κ2) is 6.22. The molecule has 1 N–H and O–H groups in total. The molecule has 1 atom stereocenters. The van der Waals surface area contributed by atoms with Crippen LogP contribution in [-0.4, -0.2) is 15.2 Å². The summed E-state index contributed by atoms with van der Waals surface area (Å²) in [6.07, 6.45) is 8.37. The molecule has 0 aliphatic carbocycles. The summed E-state index contributed by atoms with van der Waals surface area (Å²) in [5, 5.41) is 3.23. The first-order chi connectivity index (χ1) is 8.51. The van der Waals surface area contributed by atoms with Crippen LogP contribution in [-0.2, 0) is 20.6 Å². The van der Waals surface area contributed by atoms with Crippen LogP contribution >= 0.6 is 0 Å². The van der Waals surface area contributed by atoms with Crippen LogP contribution in [0, 0.1) is 12.3 Å². The molecule has 98 valence electrons. The Morgan fingerprint density at radius 1 is 1.44 bits per heavy atom. The quantitative estimate of drug-likeness (QED) is 0.746. The Hall–Kier alpha value is -1.80. The summed E-state index contributed by atoms with van der Waals surface area (Å²) in [5.41, 5.74) is -0.0179. The van der Waals surface area contributed by atoms with Crippen LogP contribution in [0.5, 0.6) is 0 Å². The van der Waals surface area contributed by atoms with Gasteiger partial charge < -0.3 is 9.88 Å². The Bertz CT molecular complexity index is 563. The van der Waals surface area contributed by atoms with Gasteiger partial charge in [-0.1, -0.05) is 6.92 Å². The van der Waals surface area contributed by atoms with Crippen LogP contribution in [0.15, 0.2) is 15.8 Å². The normalized spacial score (nSPS) is 12.1. The molecule has 1 heterocycles. The van der Waals surface area contributed by atoms with Crippen molar-refractivity contribution < 1.29 is 0 Å². The summed E-state index contributed by atoms with van der Waals surface area (Å²) in [6, 6.07) is 0.192. The van der Waals surface area contributed by atoms with Gasteiger partial charge in [0.15, 0.2) is 0 Å². The third kappa shape index (κ3) is 3.11. The fraction of sp³-hybridized carbons (Fsp3) is 0.538. The van der Waals surface area contributed by atoms with Gasteiger partial charge in [-0.2, -0.15) is 0 Å². The van der Waals surface area contributed by atoms with Gasteiger partial charge in [-0.3, -0.25) is 9.36 Å². The van der Waals surface area contributed by atoms with Crippen molar-refractivity contribution >= 4 is 0 Å². The molecule has 0 saturated heterocycles. The summed E-state index contributed by atoms with van der Waals surface area (Å²) in [5.74, 6) is 2.60. The minimum atomic E-state index is -0.320. The van der Waals surface area contributed by atoms with E-state index >= 15 is 0 Å². The van der Waals surface area contributed by atoms with E-state index in [1.54, 1.807) is 13.2 Å². The molecule has 0 aliphatic heterocycles. The molecule has 0 radical (unpaired) electrons. The number of hydrogen-bond acceptors (Lipinski definition) is 3. The number of terminal acetylenes is 1. The SMILES string of the molecule is C#CCC(CC)NCc1cn(C)c(=O)n(C)c1=O. The van der Waals surface area contributed by atoms with E-state index in [0.717, 1.165) is 11.0 Å².